The molecule has 1 aromatic rings. The van der Waals surface area contributed by atoms with Crippen LogP contribution in [0.4, 0.5) is 0 Å². The van der Waals surface area contributed by atoms with Crippen molar-refractivity contribution in [3.05, 3.63) is 16.4 Å². The maximum atomic E-state index is 4.42. The van der Waals surface area contributed by atoms with E-state index in [1.54, 1.807) is 0 Å². The highest BCUT2D eigenvalue weighted by atomic mass is 79.9. The van der Waals surface area contributed by atoms with Crippen LogP contribution in [0.1, 0.15) is 50.6 Å². The summed E-state index contributed by atoms with van der Waals surface area (Å²) in [6, 6.07) is 0. The third kappa shape index (κ3) is 2.70. The molecule has 1 aliphatic rings. The van der Waals surface area contributed by atoms with Gasteiger partial charge in [-0.05, 0) is 42.1 Å². The fourth-order valence-electron chi connectivity index (χ4n) is 2.58. The molecule has 0 saturated heterocycles. The Morgan fingerprint density at radius 2 is 2.19 bits per heavy atom. The molecule has 16 heavy (non-hydrogen) atoms. The number of hydrogen-bond acceptors (Lipinski definition) is 1. The van der Waals surface area contributed by atoms with Gasteiger partial charge in [0.1, 0.15) is 0 Å². The van der Waals surface area contributed by atoms with Crippen molar-refractivity contribution in [3.8, 4) is 0 Å². The number of aromatic nitrogens is 2. The lowest BCUT2D eigenvalue weighted by molar-refractivity contribution is 0.520. The normalized spacial score (nSPS) is 26.7. The van der Waals surface area contributed by atoms with Gasteiger partial charge in [0.05, 0.1) is 16.4 Å². The smallest absolute Gasteiger partial charge is 0.0635 e. The van der Waals surface area contributed by atoms with Gasteiger partial charge in [-0.25, -0.2) is 0 Å². The average molecular weight is 350 g/mol. The minimum atomic E-state index is 0.656. The maximum absolute atomic E-state index is 4.42. The Labute approximate surface area is 114 Å². The van der Waals surface area contributed by atoms with Crippen LogP contribution in [0.2, 0.25) is 0 Å². The molecule has 0 radical (unpaired) electrons. The summed E-state index contributed by atoms with van der Waals surface area (Å²) in [5.74, 6) is 0.656. The number of rotatable bonds is 2. The SMILES string of the molecule is CCn1ncc(Br)c1C1CCCCC(Br)C1. The first-order chi connectivity index (χ1) is 7.72. The van der Waals surface area contributed by atoms with Crippen LogP contribution >= 0.6 is 31.9 Å². The van der Waals surface area contributed by atoms with E-state index in [9.17, 15) is 0 Å². The molecule has 4 heteroatoms. The second-order valence-electron chi connectivity index (χ2n) is 4.51. The highest BCUT2D eigenvalue weighted by Crippen LogP contribution is 2.37. The molecular weight excluding hydrogens is 332 g/mol. The molecule has 0 amide bonds. The van der Waals surface area contributed by atoms with Gasteiger partial charge in [0.2, 0.25) is 0 Å². The fourth-order valence-corrected chi connectivity index (χ4v) is 3.97. The molecule has 0 aromatic carbocycles. The van der Waals surface area contributed by atoms with Crippen LogP contribution in [0.15, 0.2) is 10.7 Å². The topological polar surface area (TPSA) is 17.8 Å². The Bertz CT molecular complexity index is 349. The lowest BCUT2D eigenvalue weighted by Crippen LogP contribution is -2.11. The first-order valence-corrected chi connectivity index (χ1v) is 7.78. The van der Waals surface area contributed by atoms with E-state index >= 15 is 0 Å². The van der Waals surface area contributed by atoms with E-state index in [1.165, 1.54) is 42.3 Å². The molecule has 0 bridgehead atoms. The Morgan fingerprint density at radius 3 is 2.94 bits per heavy atom. The Morgan fingerprint density at radius 1 is 1.44 bits per heavy atom. The third-order valence-corrected chi connectivity index (χ3v) is 4.82. The van der Waals surface area contributed by atoms with E-state index < -0.39 is 0 Å². The zero-order chi connectivity index (χ0) is 11.5. The molecule has 0 aliphatic heterocycles. The van der Waals surface area contributed by atoms with Crippen LogP contribution in [0.25, 0.3) is 0 Å². The zero-order valence-electron chi connectivity index (χ0n) is 9.63. The van der Waals surface area contributed by atoms with E-state index in [0.29, 0.717) is 10.7 Å². The standard InChI is InChI=1S/C12H18Br2N2/c1-2-16-12(11(14)8-15-16)9-5-3-4-6-10(13)7-9/h8-10H,2-7H2,1H3. The van der Waals surface area contributed by atoms with Crippen molar-refractivity contribution >= 4 is 31.9 Å². The molecule has 1 aromatic heterocycles. The summed E-state index contributed by atoms with van der Waals surface area (Å²) >= 11 is 7.43. The molecule has 2 unspecified atom stereocenters. The van der Waals surface area contributed by atoms with Gasteiger partial charge in [0, 0.05) is 17.3 Å². The summed E-state index contributed by atoms with van der Waals surface area (Å²) in [5, 5.41) is 4.42. The highest BCUT2D eigenvalue weighted by Gasteiger charge is 2.24. The second-order valence-corrected chi connectivity index (χ2v) is 6.66. The van der Waals surface area contributed by atoms with Gasteiger partial charge >= 0.3 is 0 Å². The predicted octanol–water partition coefficient (Wildman–Crippen LogP) is 4.48. The van der Waals surface area contributed by atoms with Crippen molar-refractivity contribution in [3.63, 3.8) is 0 Å². The van der Waals surface area contributed by atoms with Crippen molar-refractivity contribution in [2.24, 2.45) is 0 Å². The first kappa shape index (κ1) is 12.6. The van der Waals surface area contributed by atoms with Gasteiger partial charge in [-0.15, -0.1) is 0 Å². The fraction of sp³-hybridized carbons (Fsp3) is 0.750. The molecule has 0 N–H and O–H groups in total. The Kier molecular flexibility index (Phi) is 4.48. The van der Waals surface area contributed by atoms with Crippen LogP contribution in [0, 0.1) is 0 Å². The van der Waals surface area contributed by atoms with Crippen molar-refractivity contribution in [2.45, 2.75) is 56.3 Å². The summed E-state index contributed by atoms with van der Waals surface area (Å²) in [7, 11) is 0. The Balaban J connectivity index is 2.23. The quantitative estimate of drug-likeness (QED) is 0.568. The molecule has 0 spiro atoms. The van der Waals surface area contributed by atoms with Crippen molar-refractivity contribution in [1.82, 2.24) is 9.78 Å². The molecular formula is C12H18Br2N2. The first-order valence-electron chi connectivity index (χ1n) is 6.07. The molecule has 1 fully saturated rings. The summed E-state index contributed by atoms with van der Waals surface area (Å²) in [5.41, 5.74) is 1.40. The zero-order valence-corrected chi connectivity index (χ0v) is 12.8. The molecule has 90 valence electrons. The van der Waals surface area contributed by atoms with Crippen LogP contribution in [0.3, 0.4) is 0 Å². The van der Waals surface area contributed by atoms with Crippen LogP contribution < -0.4 is 0 Å². The van der Waals surface area contributed by atoms with Crippen molar-refractivity contribution < 1.29 is 0 Å². The Hall–Kier alpha value is 0.170. The van der Waals surface area contributed by atoms with E-state index in [0.717, 1.165) is 6.54 Å². The van der Waals surface area contributed by atoms with E-state index in [1.807, 2.05) is 6.20 Å². The number of alkyl halides is 1. The van der Waals surface area contributed by atoms with E-state index in [2.05, 4.69) is 48.6 Å². The van der Waals surface area contributed by atoms with Crippen molar-refractivity contribution in [2.75, 3.05) is 0 Å². The predicted molar refractivity (Wildman–Crippen MR) is 74.1 cm³/mol. The summed E-state index contributed by atoms with van der Waals surface area (Å²) in [6.45, 7) is 3.12. The summed E-state index contributed by atoms with van der Waals surface area (Å²) in [6.07, 6.45) is 8.48. The minimum Gasteiger partial charge on any atom is -0.268 e. The monoisotopic (exact) mass is 348 g/mol. The van der Waals surface area contributed by atoms with Gasteiger partial charge in [-0.2, -0.15) is 5.10 Å². The molecule has 2 nitrogen and oxygen atoms in total. The molecule has 1 saturated carbocycles. The summed E-state index contributed by atoms with van der Waals surface area (Å²) < 4.78 is 3.32. The van der Waals surface area contributed by atoms with Gasteiger partial charge in [0.15, 0.2) is 0 Å². The highest BCUT2D eigenvalue weighted by molar-refractivity contribution is 9.10. The maximum Gasteiger partial charge on any atom is 0.0635 e. The van der Waals surface area contributed by atoms with Gasteiger partial charge in [0.25, 0.3) is 0 Å². The largest absolute Gasteiger partial charge is 0.268 e. The van der Waals surface area contributed by atoms with E-state index in [-0.39, 0.29) is 0 Å². The van der Waals surface area contributed by atoms with Gasteiger partial charge in [-0.1, -0.05) is 28.8 Å². The number of halogens is 2. The number of nitrogens with zero attached hydrogens (tertiary/aromatic N) is 2. The average Bonchev–Trinajstić information content (AvgIpc) is 2.50. The van der Waals surface area contributed by atoms with Crippen LogP contribution in [-0.4, -0.2) is 14.6 Å². The lowest BCUT2D eigenvalue weighted by atomic mass is 9.96. The van der Waals surface area contributed by atoms with Gasteiger partial charge < -0.3 is 0 Å². The third-order valence-electron chi connectivity index (χ3n) is 3.38. The minimum absolute atomic E-state index is 0.656. The number of hydrogen-bond donors (Lipinski definition) is 0. The van der Waals surface area contributed by atoms with E-state index in [4.69, 9.17) is 0 Å². The van der Waals surface area contributed by atoms with Crippen LogP contribution in [-0.2, 0) is 6.54 Å². The lowest BCUT2D eigenvalue weighted by Gasteiger charge is -2.18. The van der Waals surface area contributed by atoms with Crippen LogP contribution in [0.5, 0.6) is 0 Å². The molecule has 2 rings (SSSR count). The van der Waals surface area contributed by atoms with Gasteiger partial charge in [-0.3, -0.25) is 4.68 Å². The number of aryl methyl sites for hydroxylation is 1. The molecule has 1 aliphatic carbocycles. The molecule has 2 atom stereocenters. The summed E-state index contributed by atoms with van der Waals surface area (Å²) in [4.78, 5) is 0.673. The van der Waals surface area contributed by atoms with Crippen molar-refractivity contribution in [1.29, 1.82) is 0 Å². The second kappa shape index (κ2) is 5.67. The molecule has 1 heterocycles.